The van der Waals surface area contributed by atoms with Gasteiger partial charge in [0.25, 0.3) is 0 Å². The molecule has 0 spiro atoms. The van der Waals surface area contributed by atoms with Crippen molar-refractivity contribution in [2.75, 3.05) is 0 Å². The Balaban J connectivity index is 2.17. The van der Waals surface area contributed by atoms with Crippen LogP contribution in [0.15, 0.2) is 16.7 Å². The Hall–Kier alpha value is -5.33. The predicted octanol–water partition coefficient (Wildman–Crippen LogP) is 8.78. The summed E-state index contributed by atoms with van der Waals surface area (Å²) in [6.07, 6.45) is -6.11. The molecule has 1 N–H and O–H groups in total. The molecule has 1 aliphatic carbocycles. The maximum Gasteiger partial charge on any atom is 0.422 e. The molecule has 1 unspecified atom stereocenters. The predicted molar refractivity (Wildman–Crippen MR) is 123 cm³/mol. The Labute approximate surface area is 249 Å². The van der Waals surface area contributed by atoms with Gasteiger partial charge in [0.2, 0.25) is 5.82 Å². The van der Waals surface area contributed by atoms with Crippen LogP contribution in [-0.4, -0.2) is 5.71 Å². The highest BCUT2D eigenvalue weighted by Crippen LogP contribution is 2.54. The molecular weight excluding hydrogens is 682 g/mol. The van der Waals surface area contributed by atoms with E-state index in [2.05, 4.69) is 0 Å². The Morgan fingerprint density at radius 1 is 0.596 bits per heavy atom. The first kappa shape index (κ1) is 34.5. The molecule has 0 fully saturated rings. The van der Waals surface area contributed by atoms with E-state index in [9.17, 15) is 80.8 Å². The summed E-state index contributed by atoms with van der Waals surface area (Å²) in [6.45, 7) is 0.501. The number of halogens is 16. The Morgan fingerprint density at radius 3 is 1.38 bits per heavy atom. The van der Waals surface area contributed by atoms with Crippen molar-refractivity contribution in [1.29, 1.82) is 15.9 Å². The minimum atomic E-state index is -6.11. The van der Waals surface area contributed by atoms with Crippen LogP contribution < -0.4 is 0 Å². The van der Waals surface area contributed by atoms with Gasteiger partial charge in [-0.2, -0.15) is 23.7 Å². The topological polar surface area (TPSA) is 71.4 Å². The average Bonchev–Trinajstić information content (AvgIpc) is 3.74. The number of hydrogen-bond acceptors (Lipinski definition) is 3. The van der Waals surface area contributed by atoms with E-state index in [1.54, 1.807) is 0 Å². The smallest absolute Gasteiger partial charge is 0.299 e. The number of allylic oxidation sites excluding steroid dienone is 4. The lowest BCUT2D eigenvalue weighted by molar-refractivity contribution is -0.143. The molecule has 244 valence electrons. The van der Waals surface area contributed by atoms with Crippen LogP contribution in [0.2, 0.25) is 0 Å². The van der Waals surface area contributed by atoms with Crippen molar-refractivity contribution in [1.82, 2.24) is 0 Å². The van der Waals surface area contributed by atoms with Crippen molar-refractivity contribution in [2.45, 2.75) is 19.0 Å². The molecule has 0 heterocycles. The monoisotopic (exact) mass is 687 g/mol. The standard InChI is InChI=1S/C28H5F16N3/c1-4-14(29)16(31)9(17(32)15(4)30)5(2-45)7-8(11(7)27(47)12-20(35)24(39)26(41)25(40)21(12)36)6(3-46)10-18(33)22(37)13(28(42,43)44)23(38)19(10)34/h5,47H,1H3/b8-6+,47-27?. The number of nitriles is 2. The maximum absolute atomic E-state index is 14.9. The quantitative estimate of drug-likeness (QED) is 0.0958. The Morgan fingerprint density at radius 2 is 1.00 bits per heavy atom. The second-order valence-electron chi connectivity index (χ2n) is 9.33. The zero-order chi connectivity index (χ0) is 35.8. The van der Waals surface area contributed by atoms with Crippen LogP contribution in [0.25, 0.3) is 5.57 Å². The minimum absolute atomic E-state index is 0.501. The third-order valence-electron chi connectivity index (χ3n) is 6.82. The third kappa shape index (κ3) is 4.97. The van der Waals surface area contributed by atoms with Gasteiger partial charge in [0.15, 0.2) is 69.8 Å². The summed E-state index contributed by atoms with van der Waals surface area (Å²) in [5, 5.41) is 27.4. The van der Waals surface area contributed by atoms with Crippen molar-refractivity contribution < 1.29 is 70.2 Å². The van der Waals surface area contributed by atoms with E-state index in [0.717, 1.165) is 12.1 Å². The number of nitrogens with one attached hydrogen (secondary N) is 1. The lowest BCUT2D eigenvalue weighted by Crippen LogP contribution is -2.17. The molecule has 47 heavy (non-hydrogen) atoms. The summed E-state index contributed by atoms with van der Waals surface area (Å²) in [5.74, 6) is -38.3. The number of hydrogen-bond donors (Lipinski definition) is 1. The van der Waals surface area contributed by atoms with E-state index >= 15 is 0 Å². The highest BCUT2D eigenvalue weighted by atomic mass is 19.4. The first-order chi connectivity index (χ1) is 21.7. The molecule has 3 aromatic rings. The highest BCUT2D eigenvalue weighted by molar-refractivity contribution is 6.23. The number of benzene rings is 3. The number of rotatable bonds is 5. The van der Waals surface area contributed by atoms with Gasteiger partial charge < -0.3 is 0 Å². The van der Waals surface area contributed by atoms with Gasteiger partial charge in [-0.05, 0) is 12.5 Å². The van der Waals surface area contributed by atoms with Crippen molar-refractivity contribution in [2.24, 2.45) is 0 Å². The van der Waals surface area contributed by atoms with Gasteiger partial charge in [0, 0.05) is 16.7 Å². The van der Waals surface area contributed by atoms with Crippen molar-refractivity contribution in [3.8, 4) is 12.1 Å². The highest BCUT2D eigenvalue weighted by Gasteiger charge is 2.49. The molecule has 0 amide bonds. The van der Waals surface area contributed by atoms with Crippen molar-refractivity contribution >= 4 is 11.3 Å². The summed E-state index contributed by atoms with van der Waals surface area (Å²) < 4.78 is 227. The molecule has 3 aromatic carbocycles. The van der Waals surface area contributed by atoms with E-state index in [4.69, 9.17) is 5.41 Å². The summed E-state index contributed by atoms with van der Waals surface area (Å²) >= 11 is 0. The molecule has 1 aliphatic rings. The van der Waals surface area contributed by atoms with Gasteiger partial charge in [-0.3, -0.25) is 5.41 Å². The summed E-state index contributed by atoms with van der Waals surface area (Å²) in [6, 6.07) is 1.78. The molecule has 0 aromatic heterocycles. The Bertz CT molecular complexity index is 2020. The van der Waals surface area contributed by atoms with Gasteiger partial charge in [0.1, 0.15) is 17.6 Å². The fourth-order valence-electron chi connectivity index (χ4n) is 4.58. The zero-order valence-corrected chi connectivity index (χ0v) is 22.0. The zero-order valence-electron chi connectivity index (χ0n) is 22.0. The fourth-order valence-corrected chi connectivity index (χ4v) is 4.58. The number of alkyl halides is 3. The first-order valence-corrected chi connectivity index (χ1v) is 11.8. The van der Waals surface area contributed by atoms with Gasteiger partial charge in [0.05, 0.1) is 34.0 Å². The van der Waals surface area contributed by atoms with E-state index in [-0.39, 0.29) is 0 Å². The van der Waals surface area contributed by atoms with E-state index in [0.29, 0.717) is 6.92 Å². The normalized spacial score (nSPS) is 14.6. The van der Waals surface area contributed by atoms with E-state index in [1.165, 1.54) is 0 Å². The lowest BCUT2D eigenvalue weighted by Gasteiger charge is -2.14. The second kappa shape index (κ2) is 11.5. The van der Waals surface area contributed by atoms with Crippen LogP contribution in [0.1, 0.15) is 33.7 Å². The van der Waals surface area contributed by atoms with Crippen LogP contribution in [0.5, 0.6) is 0 Å². The molecule has 0 radical (unpaired) electrons. The number of nitrogens with zero attached hydrogens (tertiary/aromatic N) is 2. The Kier molecular flexibility index (Phi) is 8.44. The van der Waals surface area contributed by atoms with Crippen LogP contribution in [0, 0.1) is 111 Å². The molecule has 0 saturated heterocycles. The van der Waals surface area contributed by atoms with Crippen LogP contribution in [-0.2, 0) is 6.18 Å². The van der Waals surface area contributed by atoms with Crippen molar-refractivity contribution in [3.05, 3.63) is 120 Å². The fraction of sp³-hybridized carbons (Fsp3) is 0.107. The summed E-state index contributed by atoms with van der Waals surface area (Å²) in [7, 11) is 0. The molecule has 0 aliphatic heterocycles. The largest absolute Gasteiger partial charge is 0.422 e. The molecule has 0 bridgehead atoms. The first-order valence-electron chi connectivity index (χ1n) is 11.8. The van der Waals surface area contributed by atoms with Gasteiger partial charge in [-0.25, -0.2) is 57.1 Å². The average molecular weight is 687 g/mol. The molecule has 1 atom stereocenters. The van der Waals surface area contributed by atoms with Crippen LogP contribution >= 0.6 is 0 Å². The van der Waals surface area contributed by atoms with Crippen LogP contribution in [0.3, 0.4) is 0 Å². The molecular formula is C28H5F16N3. The van der Waals surface area contributed by atoms with Crippen LogP contribution in [0.4, 0.5) is 70.2 Å². The summed E-state index contributed by atoms with van der Waals surface area (Å²) in [5.41, 5.74) is -19.6. The van der Waals surface area contributed by atoms with Gasteiger partial charge in [-0.1, -0.05) is 0 Å². The third-order valence-corrected chi connectivity index (χ3v) is 6.82. The molecule has 4 rings (SSSR count). The minimum Gasteiger partial charge on any atom is -0.299 e. The SMILES string of the molecule is Cc1c(F)c(F)c(C(C#N)C2=C(C(=N)c3c(F)c(F)c(F)c(F)c3F)C/2=C(\C#N)c2c(F)c(F)c(C(F)(F)F)c(F)c2F)c(F)c1F. The molecule has 19 heteroatoms. The maximum atomic E-state index is 14.9. The summed E-state index contributed by atoms with van der Waals surface area (Å²) in [4.78, 5) is 0. The second-order valence-corrected chi connectivity index (χ2v) is 9.33. The van der Waals surface area contributed by atoms with Crippen molar-refractivity contribution in [3.63, 3.8) is 0 Å². The molecule has 0 saturated carbocycles. The lowest BCUT2D eigenvalue weighted by atomic mass is 9.92. The molecule has 3 nitrogen and oxygen atoms in total. The van der Waals surface area contributed by atoms with E-state index in [1.807, 2.05) is 0 Å². The van der Waals surface area contributed by atoms with E-state index < -0.39 is 144 Å². The van der Waals surface area contributed by atoms with Gasteiger partial charge in [-0.15, -0.1) is 0 Å². The van der Waals surface area contributed by atoms with Gasteiger partial charge >= 0.3 is 6.18 Å².